The Morgan fingerprint density at radius 3 is 3.04 bits per heavy atom. The molecule has 2 rings (SSSR count). The summed E-state index contributed by atoms with van der Waals surface area (Å²) >= 11 is 1.22. The maximum atomic E-state index is 12.3. The molecule has 1 saturated heterocycles. The van der Waals surface area contributed by atoms with Crippen LogP contribution in [0.3, 0.4) is 0 Å². The third-order valence-corrected chi connectivity index (χ3v) is 7.50. The van der Waals surface area contributed by atoms with Crippen molar-refractivity contribution in [3.63, 3.8) is 0 Å². The summed E-state index contributed by atoms with van der Waals surface area (Å²) in [5.41, 5.74) is 5.88. The number of thiophene rings is 1. The van der Waals surface area contributed by atoms with Gasteiger partial charge in [-0.2, -0.15) is 4.31 Å². The zero-order valence-corrected chi connectivity index (χ0v) is 15.9. The number of nitrogens with one attached hydrogen (secondary N) is 1. The molecule has 0 saturated carbocycles. The highest BCUT2D eigenvalue weighted by atomic mass is 32.2. The fourth-order valence-electron chi connectivity index (χ4n) is 2.80. The summed E-state index contributed by atoms with van der Waals surface area (Å²) in [7, 11) is -1.83. The molecule has 1 aliphatic heterocycles. The first kappa shape index (κ1) is 19.2. The third kappa shape index (κ3) is 4.92. The van der Waals surface area contributed by atoms with Gasteiger partial charge >= 0.3 is 0 Å². The second-order valence-corrected chi connectivity index (χ2v) is 9.06. The lowest BCUT2D eigenvalue weighted by Gasteiger charge is -2.21. The molecule has 1 aliphatic rings. The van der Waals surface area contributed by atoms with Gasteiger partial charge in [-0.3, -0.25) is 9.89 Å². The molecule has 24 heavy (non-hydrogen) atoms. The van der Waals surface area contributed by atoms with E-state index in [4.69, 9.17) is 5.73 Å². The average Bonchev–Trinajstić information content (AvgIpc) is 3.23. The van der Waals surface area contributed by atoms with E-state index in [1.165, 1.54) is 22.1 Å². The SMILES string of the molecule is CCN1CCCC1CN=C(N)NCCN(C)S(=O)(=O)c1cccs1. The van der Waals surface area contributed by atoms with Crippen molar-refractivity contribution in [2.75, 3.05) is 39.8 Å². The van der Waals surface area contributed by atoms with Gasteiger partial charge in [0.1, 0.15) is 4.21 Å². The topological polar surface area (TPSA) is 91.0 Å². The van der Waals surface area contributed by atoms with Crippen LogP contribution in [0.5, 0.6) is 0 Å². The van der Waals surface area contributed by atoms with Gasteiger partial charge in [-0.05, 0) is 37.4 Å². The molecule has 1 aromatic rings. The van der Waals surface area contributed by atoms with Crippen molar-refractivity contribution in [2.45, 2.75) is 30.0 Å². The van der Waals surface area contributed by atoms with Crippen molar-refractivity contribution in [1.82, 2.24) is 14.5 Å². The third-order valence-electron chi connectivity index (χ3n) is 4.27. The Bertz CT molecular complexity index is 630. The van der Waals surface area contributed by atoms with Crippen LogP contribution in [-0.2, 0) is 10.0 Å². The van der Waals surface area contributed by atoms with Crippen LogP contribution in [0.2, 0.25) is 0 Å². The lowest BCUT2D eigenvalue weighted by molar-refractivity contribution is 0.273. The first-order valence-electron chi connectivity index (χ1n) is 8.22. The Kier molecular flexibility index (Phi) is 7.02. The van der Waals surface area contributed by atoms with Gasteiger partial charge in [-0.25, -0.2) is 8.42 Å². The maximum absolute atomic E-state index is 12.3. The number of rotatable bonds is 8. The summed E-state index contributed by atoms with van der Waals surface area (Å²) in [6.45, 7) is 5.79. The van der Waals surface area contributed by atoms with Crippen LogP contribution in [-0.4, -0.2) is 69.4 Å². The average molecular weight is 374 g/mol. The largest absolute Gasteiger partial charge is 0.370 e. The molecule has 1 aromatic heterocycles. The molecule has 3 N–H and O–H groups in total. The number of sulfonamides is 1. The molecule has 136 valence electrons. The predicted octanol–water partition coefficient (Wildman–Crippen LogP) is 0.757. The van der Waals surface area contributed by atoms with Crippen LogP contribution in [0.15, 0.2) is 26.7 Å². The number of nitrogens with zero attached hydrogens (tertiary/aromatic N) is 3. The van der Waals surface area contributed by atoms with Crippen LogP contribution in [0.4, 0.5) is 0 Å². The number of nitrogens with two attached hydrogens (primary N) is 1. The number of likely N-dealkylation sites (tertiary alicyclic amines) is 1. The van der Waals surface area contributed by atoms with Gasteiger partial charge in [0, 0.05) is 26.2 Å². The van der Waals surface area contributed by atoms with Gasteiger partial charge in [0.15, 0.2) is 5.96 Å². The number of hydrogen-bond donors (Lipinski definition) is 2. The molecule has 0 radical (unpaired) electrons. The van der Waals surface area contributed by atoms with Crippen LogP contribution in [0.25, 0.3) is 0 Å². The molecule has 7 nitrogen and oxygen atoms in total. The first-order valence-corrected chi connectivity index (χ1v) is 10.5. The van der Waals surface area contributed by atoms with E-state index in [-0.39, 0.29) is 0 Å². The molecular formula is C15H27N5O2S2. The smallest absolute Gasteiger partial charge is 0.252 e. The second-order valence-electron chi connectivity index (χ2n) is 5.84. The molecular weight excluding hydrogens is 346 g/mol. The van der Waals surface area contributed by atoms with E-state index < -0.39 is 10.0 Å². The van der Waals surface area contributed by atoms with Gasteiger partial charge in [0.05, 0.1) is 6.54 Å². The summed E-state index contributed by atoms with van der Waals surface area (Å²) in [6, 6.07) is 3.81. The summed E-state index contributed by atoms with van der Waals surface area (Å²) in [5.74, 6) is 0.375. The van der Waals surface area contributed by atoms with E-state index >= 15 is 0 Å². The standard InChI is InChI=1S/C15H27N5O2S2/c1-3-20-9-4-6-13(20)12-18-15(16)17-8-10-19(2)24(21,22)14-7-5-11-23-14/h5,7,11,13H,3-4,6,8-10,12H2,1-2H3,(H3,16,17,18). The van der Waals surface area contributed by atoms with Crippen molar-refractivity contribution in [1.29, 1.82) is 0 Å². The Hall–Kier alpha value is -1.16. The molecule has 0 spiro atoms. The molecule has 1 unspecified atom stereocenters. The number of hydrogen-bond acceptors (Lipinski definition) is 5. The lowest BCUT2D eigenvalue weighted by Crippen LogP contribution is -2.40. The monoisotopic (exact) mass is 373 g/mol. The lowest BCUT2D eigenvalue weighted by atomic mass is 10.2. The van der Waals surface area contributed by atoms with E-state index in [0.29, 0.717) is 35.8 Å². The van der Waals surface area contributed by atoms with Crippen molar-refractivity contribution in [3.05, 3.63) is 17.5 Å². The second kappa shape index (κ2) is 8.80. The minimum Gasteiger partial charge on any atom is -0.370 e. The van der Waals surface area contributed by atoms with E-state index in [1.54, 1.807) is 24.6 Å². The minimum absolute atomic E-state index is 0.334. The Morgan fingerprint density at radius 2 is 2.38 bits per heavy atom. The van der Waals surface area contributed by atoms with E-state index in [1.807, 2.05) is 0 Å². The zero-order valence-electron chi connectivity index (χ0n) is 14.3. The summed E-state index contributed by atoms with van der Waals surface area (Å²) in [6.07, 6.45) is 2.37. The number of aliphatic imine (C=N–C) groups is 1. The van der Waals surface area contributed by atoms with E-state index in [0.717, 1.165) is 19.5 Å². The quantitative estimate of drug-likeness (QED) is 0.518. The maximum Gasteiger partial charge on any atom is 0.252 e. The summed E-state index contributed by atoms with van der Waals surface area (Å²) in [4.78, 5) is 6.80. The van der Waals surface area contributed by atoms with Crippen LogP contribution in [0.1, 0.15) is 19.8 Å². The van der Waals surface area contributed by atoms with Gasteiger partial charge in [-0.1, -0.05) is 13.0 Å². The zero-order chi connectivity index (χ0) is 17.6. The van der Waals surface area contributed by atoms with Gasteiger partial charge in [0.25, 0.3) is 10.0 Å². The molecule has 9 heteroatoms. The molecule has 1 fully saturated rings. The Morgan fingerprint density at radius 1 is 1.58 bits per heavy atom. The number of guanidine groups is 1. The van der Waals surface area contributed by atoms with Crippen molar-refractivity contribution < 1.29 is 8.42 Å². The Labute approximate surface area is 148 Å². The fraction of sp³-hybridized carbons (Fsp3) is 0.667. The Balaban J connectivity index is 1.76. The van der Waals surface area contributed by atoms with E-state index in [2.05, 4.69) is 22.1 Å². The van der Waals surface area contributed by atoms with Gasteiger partial charge in [0.2, 0.25) is 0 Å². The number of likely N-dealkylation sites (N-methyl/N-ethyl adjacent to an activating group) is 2. The van der Waals surface area contributed by atoms with Crippen molar-refractivity contribution >= 4 is 27.3 Å². The minimum atomic E-state index is -3.41. The van der Waals surface area contributed by atoms with Crippen LogP contribution < -0.4 is 11.1 Å². The molecule has 2 heterocycles. The summed E-state index contributed by atoms with van der Waals surface area (Å²) < 4.78 is 26.2. The van der Waals surface area contributed by atoms with Gasteiger partial charge < -0.3 is 11.1 Å². The summed E-state index contributed by atoms with van der Waals surface area (Å²) in [5, 5.41) is 4.75. The predicted molar refractivity (Wildman–Crippen MR) is 98.9 cm³/mol. The van der Waals surface area contributed by atoms with E-state index in [9.17, 15) is 8.42 Å². The highest BCUT2D eigenvalue weighted by Gasteiger charge is 2.23. The van der Waals surface area contributed by atoms with Gasteiger partial charge in [-0.15, -0.1) is 11.3 Å². The highest BCUT2D eigenvalue weighted by Crippen LogP contribution is 2.19. The first-order chi connectivity index (χ1) is 11.4. The van der Waals surface area contributed by atoms with Crippen LogP contribution in [0, 0.1) is 0 Å². The molecule has 1 atom stereocenters. The fourth-order valence-corrected chi connectivity index (χ4v) is 5.18. The van der Waals surface area contributed by atoms with Crippen LogP contribution >= 0.6 is 11.3 Å². The normalized spacial score (nSPS) is 20.0. The highest BCUT2D eigenvalue weighted by molar-refractivity contribution is 7.91. The van der Waals surface area contributed by atoms with Crippen molar-refractivity contribution in [2.24, 2.45) is 10.7 Å². The van der Waals surface area contributed by atoms with Crippen molar-refractivity contribution in [3.8, 4) is 0 Å². The molecule has 0 amide bonds. The molecule has 0 bridgehead atoms. The molecule has 0 aromatic carbocycles. The molecule has 0 aliphatic carbocycles.